The van der Waals surface area contributed by atoms with Crippen LogP contribution in [0.4, 0.5) is 14.6 Å². The first-order chi connectivity index (χ1) is 12.0. The van der Waals surface area contributed by atoms with Crippen LogP contribution in [-0.4, -0.2) is 37.9 Å². The largest absolute Gasteiger partial charge is 0.449 e. The Morgan fingerprint density at radius 3 is 2.76 bits per heavy atom. The quantitative estimate of drug-likeness (QED) is 0.697. The maximum absolute atomic E-state index is 13.2. The molecule has 0 radical (unpaired) electrons. The second-order valence-corrected chi connectivity index (χ2v) is 4.99. The molecular formula is C15H11F2N5O3. The van der Waals surface area contributed by atoms with E-state index in [2.05, 4.69) is 25.3 Å². The number of hydrogen-bond acceptors (Lipinski definition) is 6. The van der Waals surface area contributed by atoms with Crippen molar-refractivity contribution in [3.05, 3.63) is 48.1 Å². The Kier molecular flexibility index (Phi) is 4.33. The number of imidazole rings is 1. The lowest BCUT2D eigenvalue weighted by molar-refractivity contribution is -0.123. The molecule has 1 aromatic carbocycles. The second-order valence-electron chi connectivity index (χ2n) is 4.99. The summed E-state index contributed by atoms with van der Waals surface area (Å²) in [7, 11) is 0. The highest BCUT2D eigenvalue weighted by Gasteiger charge is 2.21. The number of anilines is 1. The molecule has 1 unspecified atom stereocenters. The SMILES string of the molecule is CC(OC(=O)c1ccc(F)c(F)c1)C(=O)Nc1ncnc2nc[nH]c12. The third-order valence-electron chi connectivity index (χ3n) is 3.27. The number of fused-ring (bicyclic) bond motifs is 1. The molecule has 2 aromatic heterocycles. The normalized spacial score (nSPS) is 12.0. The Morgan fingerprint density at radius 2 is 2.00 bits per heavy atom. The molecule has 0 aliphatic heterocycles. The number of carbonyl (C=O) groups is 2. The molecule has 1 amide bonds. The van der Waals surface area contributed by atoms with Gasteiger partial charge in [-0.15, -0.1) is 0 Å². The summed E-state index contributed by atoms with van der Waals surface area (Å²) in [5.74, 6) is -3.73. The van der Waals surface area contributed by atoms with Gasteiger partial charge in [-0.3, -0.25) is 4.79 Å². The molecule has 8 nitrogen and oxygen atoms in total. The highest BCUT2D eigenvalue weighted by Crippen LogP contribution is 2.15. The van der Waals surface area contributed by atoms with E-state index in [1.54, 1.807) is 0 Å². The predicted octanol–water partition coefficient (Wildman–Crippen LogP) is 1.82. The summed E-state index contributed by atoms with van der Waals surface area (Å²) >= 11 is 0. The lowest BCUT2D eigenvalue weighted by Gasteiger charge is -2.13. The fraction of sp³-hybridized carbons (Fsp3) is 0.133. The van der Waals surface area contributed by atoms with Crippen molar-refractivity contribution >= 4 is 28.9 Å². The van der Waals surface area contributed by atoms with E-state index in [-0.39, 0.29) is 11.4 Å². The average molecular weight is 347 g/mol. The molecule has 1 atom stereocenters. The Morgan fingerprint density at radius 1 is 1.20 bits per heavy atom. The molecule has 0 aliphatic rings. The zero-order chi connectivity index (χ0) is 18.0. The molecule has 0 saturated carbocycles. The van der Waals surface area contributed by atoms with E-state index < -0.39 is 29.6 Å². The smallest absolute Gasteiger partial charge is 0.339 e. The van der Waals surface area contributed by atoms with Gasteiger partial charge in [0, 0.05) is 0 Å². The van der Waals surface area contributed by atoms with E-state index >= 15 is 0 Å². The number of H-pyrrole nitrogens is 1. The molecule has 0 saturated heterocycles. The number of nitrogens with zero attached hydrogens (tertiary/aromatic N) is 3. The molecule has 25 heavy (non-hydrogen) atoms. The standard InChI is InChI=1S/C15H11F2N5O3/c1-7(25-15(24)8-2-3-9(16)10(17)4-8)14(23)22-13-11-12(19-5-18-11)20-6-21-13/h2-7H,1H3,(H2,18,19,20,21,22,23). The molecule has 3 rings (SSSR count). The number of rotatable bonds is 4. The fourth-order valence-corrected chi connectivity index (χ4v) is 1.98. The first-order valence-corrected chi connectivity index (χ1v) is 7.06. The van der Waals surface area contributed by atoms with Gasteiger partial charge in [-0.05, 0) is 25.1 Å². The van der Waals surface area contributed by atoms with Crippen LogP contribution in [0.2, 0.25) is 0 Å². The summed E-state index contributed by atoms with van der Waals surface area (Å²) in [5.41, 5.74) is 0.559. The Labute approximate surface area is 139 Å². The van der Waals surface area contributed by atoms with Crippen LogP contribution in [0.5, 0.6) is 0 Å². The second kappa shape index (κ2) is 6.59. The van der Waals surface area contributed by atoms with Gasteiger partial charge in [0.25, 0.3) is 5.91 Å². The molecule has 2 N–H and O–H groups in total. The van der Waals surface area contributed by atoms with Crippen LogP contribution in [0.3, 0.4) is 0 Å². The molecule has 128 valence electrons. The first kappa shape index (κ1) is 16.4. The number of benzene rings is 1. The summed E-state index contributed by atoms with van der Waals surface area (Å²) in [5, 5.41) is 2.48. The van der Waals surface area contributed by atoms with E-state index in [0.29, 0.717) is 17.2 Å². The van der Waals surface area contributed by atoms with E-state index in [1.807, 2.05) is 0 Å². The number of aromatic nitrogens is 4. The minimum Gasteiger partial charge on any atom is -0.449 e. The zero-order valence-electron chi connectivity index (χ0n) is 12.8. The van der Waals surface area contributed by atoms with Gasteiger partial charge in [-0.1, -0.05) is 0 Å². The zero-order valence-corrected chi connectivity index (χ0v) is 12.8. The van der Waals surface area contributed by atoms with Gasteiger partial charge in [0.2, 0.25) is 0 Å². The maximum atomic E-state index is 13.2. The van der Waals surface area contributed by atoms with Gasteiger partial charge in [0.15, 0.2) is 29.2 Å². The van der Waals surface area contributed by atoms with Crippen molar-refractivity contribution < 1.29 is 23.1 Å². The molecule has 3 aromatic rings. The molecule has 2 heterocycles. The Bertz CT molecular complexity index is 959. The van der Waals surface area contributed by atoms with Gasteiger partial charge in [-0.2, -0.15) is 0 Å². The van der Waals surface area contributed by atoms with Crippen molar-refractivity contribution in [1.82, 2.24) is 19.9 Å². The van der Waals surface area contributed by atoms with Gasteiger partial charge in [0.05, 0.1) is 11.9 Å². The van der Waals surface area contributed by atoms with Crippen molar-refractivity contribution in [3.8, 4) is 0 Å². The van der Waals surface area contributed by atoms with Crippen molar-refractivity contribution in [2.24, 2.45) is 0 Å². The maximum Gasteiger partial charge on any atom is 0.339 e. The van der Waals surface area contributed by atoms with E-state index in [0.717, 1.165) is 12.1 Å². The minimum absolute atomic E-state index is 0.170. The number of hydrogen-bond donors (Lipinski definition) is 2. The highest BCUT2D eigenvalue weighted by molar-refractivity contribution is 6.00. The van der Waals surface area contributed by atoms with Gasteiger partial charge in [-0.25, -0.2) is 28.5 Å². The Hall–Kier alpha value is -3.43. The van der Waals surface area contributed by atoms with Crippen molar-refractivity contribution in [2.45, 2.75) is 13.0 Å². The van der Waals surface area contributed by atoms with Crippen LogP contribution < -0.4 is 5.32 Å². The van der Waals surface area contributed by atoms with Crippen LogP contribution in [0.15, 0.2) is 30.9 Å². The summed E-state index contributed by atoms with van der Waals surface area (Å²) in [4.78, 5) is 38.6. The number of halogens is 2. The van der Waals surface area contributed by atoms with Crippen LogP contribution in [-0.2, 0) is 9.53 Å². The predicted molar refractivity (Wildman–Crippen MR) is 81.5 cm³/mol. The van der Waals surface area contributed by atoms with Crippen LogP contribution in [0.25, 0.3) is 11.2 Å². The lowest BCUT2D eigenvalue weighted by Crippen LogP contribution is -2.30. The topological polar surface area (TPSA) is 110 Å². The van der Waals surface area contributed by atoms with Crippen molar-refractivity contribution in [3.63, 3.8) is 0 Å². The van der Waals surface area contributed by atoms with E-state index in [4.69, 9.17) is 4.74 Å². The summed E-state index contributed by atoms with van der Waals surface area (Å²) in [6.07, 6.45) is 1.41. The number of nitrogens with one attached hydrogen (secondary N) is 2. The number of esters is 1. The van der Waals surface area contributed by atoms with Gasteiger partial charge < -0.3 is 15.0 Å². The fourth-order valence-electron chi connectivity index (χ4n) is 1.98. The molecule has 0 fully saturated rings. The van der Waals surface area contributed by atoms with Crippen molar-refractivity contribution in [1.29, 1.82) is 0 Å². The highest BCUT2D eigenvalue weighted by atomic mass is 19.2. The average Bonchev–Trinajstić information content (AvgIpc) is 3.07. The summed E-state index contributed by atoms with van der Waals surface area (Å²) in [6, 6.07) is 2.55. The monoisotopic (exact) mass is 347 g/mol. The van der Waals surface area contributed by atoms with Gasteiger partial charge >= 0.3 is 5.97 Å². The number of ether oxygens (including phenoxy) is 1. The third-order valence-corrected chi connectivity index (χ3v) is 3.27. The first-order valence-electron chi connectivity index (χ1n) is 7.06. The molecular weight excluding hydrogens is 336 g/mol. The lowest BCUT2D eigenvalue weighted by atomic mass is 10.2. The molecule has 0 aliphatic carbocycles. The number of aromatic amines is 1. The number of carbonyl (C=O) groups excluding carboxylic acids is 2. The van der Waals surface area contributed by atoms with Crippen molar-refractivity contribution in [2.75, 3.05) is 5.32 Å². The Balaban J connectivity index is 1.69. The van der Waals surface area contributed by atoms with Crippen LogP contribution in [0, 0.1) is 11.6 Å². The summed E-state index contributed by atoms with van der Waals surface area (Å²) < 4.78 is 31.0. The summed E-state index contributed by atoms with van der Waals surface area (Å²) in [6.45, 7) is 1.33. The number of amides is 1. The minimum atomic E-state index is -1.20. The van der Waals surface area contributed by atoms with Crippen LogP contribution in [0.1, 0.15) is 17.3 Å². The van der Waals surface area contributed by atoms with Crippen LogP contribution >= 0.6 is 0 Å². The van der Waals surface area contributed by atoms with Gasteiger partial charge in [0.1, 0.15) is 11.8 Å². The van der Waals surface area contributed by atoms with E-state index in [1.165, 1.54) is 19.6 Å². The third kappa shape index (κ3) is 3.42. The van der Waals surface area contributed by atoms with E-state index in [9.17, 15) is 18.4 Å². The molecule has 10 heteroatoms. The molecule has 0 bridgehead atoms. The molecule has 0 spiro atoms.